The molecule has 0 amide bonds. The van der Waals surface area contributed by atoms with E-state index in [4.69, 9.17) is 5.11 Å². The molecule has 0 fully saturated rings. The maximum Gasteiger partial charge on any atom is 0.322 e. The standard InChI is InChI=1S/C14H14O4S/c1-2-13(14(15)16)19(17,18)12-8-7-10-5-3-4-6-11(10)9-12/h3-9,13H,2H2,1H3,(H,15,16). The van der Waals surface area contributed by atoms with E-state index < -0.39 is 21.1 Å². The number of sulfone groups is 1. The van der Waals surface area contributed by atoms with Gasteiger partial charge < -0.3 is 5.11 Å². The van der Waals surface area contributed by atoms with Crippen LogP contribution in [0.15, 0.2) is 47.4 Å². The summed E-state index contributed by atoms with van der Waals surface area (Å²) in [6.07, 6.45) is 0.0461. The number of aliphatic carboxylic acids is 1. The zero-order chi connectivity index (χ0) is 14.0. The summed E-state index contributed by atoms with van der Waals surface area (Å²) in [5.74, 6) is -1.31. The lowest BCUT2D eigenvalue weighted by atomic mass is 10.1. The molecule has 2 rings (SSSR count). The Bertz CT molecular complexity index is 719. The van der Waals surface area contributed by atoms with Crippen LogP contribution in [0.5, 0.6) is 0 Å². The highest BCUT2D eigenvalue weighted by atomic mass is 32.2. The molecule has 0 aliphatic carbocycles. The molecule has 19 heavy (non-hydrogen) atoms. The molecule has 0 spiro atoms. The van der Waals surface area contributed by atoms with E-state index in [9.17, 15) is 13.2 Å². The molecule has 0 saturated heterocycles. The van der Waals surface area contributed by atoms with Crippen LogP contribution in [0.4, 0.5) is 0 Å². The number of carboxylic acid groups (broad SMARTS) is 1. The molecule has 0 radical (unpaired) electrons. The number of hydrogen-bond donors (Lipinski definition) is 1. The van der Waals surface area contributed by atoms with Crippen LogP contribution in [0, 0.1) is 0 Å². The summed E-state index contributed by atoms with van der Waals surface area (Å²) < 4.78 is 24.5. The third-order valence-corrected chi connectivity index (χ3v) is 5.27. The van der Waals surface area contributed by atoms with Crippen molar-refractivity contribution >= 4 is 26.6 Å². The van der Waals surface area contributed by atoms with Gasteiger partial charge in [0, 0.05) is 0 Å². The van der Waals surface area contributed by atoms with Gasteiger partial charge in [0.2, 0.25) is 0 Å². The summed E-state index contributed by atoms with van der Waals surface area (Å²) in [4.78, 5) is 11.1. The van der Waals surface area contributed by atoms with Crippen LogP contribution in [-0.4, -0.2) is 24.7 Å². The van der Waals surface area contributed by atoms with E-state index in [1.807, 2.05) is 18.2 Å². The predicted molar refractivity (Wildman–Crippen MR) is 72.8 cm³/mol. The number of hydrogen-bond acceptors (Lipinski definition) is 3. The van der Waals surface area contributed by atoms with Crippen molar-refractivity contribution in [2.75, 3.05) is 0 Å². The van der Waals surface area contributed by atoms with E-state index in [1.54, 1.807) is 19.1 Å². The van der Waals surface area contributed by atoms with Crippen LogP contribution in [0.1, 0.15) is 13.3 Å². The monoisotopic (exact) mass is 278 g/mol. The van der Waals surface area contributed by atoms with Crippen molar-refractivity contribution < 1.29 is 18.3 Å². The van der Waals surface area contributed by atoms with Crippen molar-refractivity contribution in [3.8, 4) is 0 Å². The van der Waals surface area contributed by atoms with Gasteiger partial charge in [0.1, 0.15) is 0 Å². The molecule has 0 aromatic heterocycles. The van der Waals surface area contributed by atoms with Gasteiger partial charge in [-0.2, -0.15) is 0 Å². The fourth-order valence-corrected chi connectivity index (χ4v) is 3.62. The maximum atomic E-state index is 12.3. The summed E-state index contributed by atoms with van der Waals surface area (Å²) in [5, 5.41) is 9.31. The minimum Gasteiger partial charge on any atom is -0.480 e. The summed E-state index contributed by atoms with van der Waals surface area (Å²) in [5.41, 5.74) is 0. The predicted octanol–water partition coefficient (Wildman–Crippen LogP) is 2.48. The first kappa shape index (κ1) is 13.5. The van der Waals surface area contributed by atoms with Crippen LogP contribution >= 0.6 is 0 Å². The molecule has 1 unspecified atom stereocenters. The second kappa shape index (κ2) is 5.01. The molecule has 2 aromatic carbocycles. The Hall–Kier alpha value is -1.88. The first-order valence-corrected chi connectivity index (χ1v) is 7.47. The fourth-order valence-electron chi connectivity index (χ4n) is 2.04. The molecule has 0 aliphatic heterocycles. The summed E-state index contributed by atoms with van der Waals surface area (Å²) in [6, 6.07) is 12.0. The number of carbonyl (C=O) groups is 1. The lowest BCUT2D eigenvalue weighted by Crippen LogP contribution is -2.29. The minimum absolute atomic E-state index is 0.0461. The summed E-state index contributed by atoms with van der Waals surface area (Å²) >= 11 is 0. The third kappa shape index (κ3) is 2.46. The second-order valence-electron chi connectivity index (χ2n) is 4.29. The number of benzene rings is 2. The Morgan fingerprint density at radius 2 is 1.79 bits per heavy atom. The van der Waals surface area contributed by atoms with Crippen LogP contribution in [0.25, 0.3) is 10.8 Å². The summed E-state index contributed by atoms with van der Waals surface area (Å²) in [6.45, 7) is 1.55. The number of carboxylic acids is 1. The van der Waals surface area contributed by atoms with Crippen molar-refractivity contribution in [3.63, 3.8) is 0 Å². The topological polar surface area (TPSA) is 71.4 Å². The Kier molecular flexibility index (Phi) is 3.57. The molecule has 1 N–H and O–H groups in total. The normalized spacial score (nSPS) is 13.3. The average Bonchev–Trinajstić information content (AvgIpc) is 2.38. The minimum atomic E-state index is -3.84. The van der Waals surface area contributed by atoms with E-state index in [1.165, 1.54) is 12.1 Å². The van der Waals surface area contributed by atoms with Crippen molar-refractivity contribution in [3.05, 3.63) is 42.5 Å². The highest BCUT2D eigenvalue weighted by Gasteiger charge is 2.32. The molecule has 0 bridgehead atoms. The highest BCUT2D eigenvalue weighted by molar-refractivity contribution is 7.92. The summed E-state index contributed by atoms with van der Waals surface area (Å²) in [7, 11) is -3.84. The molecule has 2 aromatic rings. The molecule has 4 nitrogen and oxygen atoms in total. The van der Waals surface area contributed by atoms with Gasteiger partial charge in [0.25, 0.3) is 0 Å². The van der Waals surface area contributed by atoms with Gasteiger partial charge in [-0.1, -0.05) is 37.3 Å². The Morgan fingerprint density at radius 1 is 1.16 bits per heavy atom. The molecule has 1 atom stereocenters. The van der Waals surface area contributed by atoms with Crippen molar-refractivity contribution in [1.82, 2.24) is 0 Å². The molecular formula is C14H14O4S. The van der Waals surface area contributed by atoms with Gasteiger partial charge in [0.05, 0.1) is 4.90 Å². The van der Waals surface area contributed by atoms with Gasteiger partial charge in [-0.3, -0.25) is 4.79 Å². The van der Waals surface area contributed by atoms with Crippen LogP contribution in [0.2, 0.25) is 0 Å². The Balaban J connectivity index is 2.57. The highest BCUT2D eigenvalue weighted by Crippen LogP contribution is 2.23. The fraction of sp³-hybridized carbons (Fsp3) is 0.214. The van der Waals surface area contributed by atoms with E-state index >= 15 is 0 Å². The lowest BCUT2D eigenvalue weighted by Gasteiger charge is -2.12. The van der Waals surface area contributed by atoms with Gasteiger partial charge in [-0.15, -0.1) is 0 Å². The SMILES string of the molecule is CCC(C(=O)O)S(=O)(=O)c1ccc2ccccc2c1. The average molecular weight is 278 g/mol. The molecule has 0 saturated carbocycles. The molecule has 0 heterocycles. The van der Waals surface area contributed by atoms with Crippen molar-refractivity contribution in [2.24, 2.45) is 0 Å². The van der Waals surface area contributed by atoms with Crippen LogP contribution in [0.3, 0.4) is 0 Å². The number of fused-ring (bicyclic) bond motifs is 1. The van der Waals surface area contributed by atoms with E-state index in [-0.39, 0.29) is 11.3 Å². The maximum absolute atomic E-state index is 12.3. The zero-order valence-electron chi connectivity index (χ0n) is 10.4. The second-order valence-corrected chi connectivity index (χ2v) is 6.42. The number of rotatable bonds is 4. The van der Waals surface area contributed by atoms with Crippen LogP contribution < -0.4 is 0 Å². The smallest absolute Gasteiger partial charge is 0.322 e. The molecule has 0 aliphatic rings. The van der Waals surface area contributed by atoms with Crippen molar-refractivity contribution in [2.45, 2.75) is 23.5 Å². The van der Waals surface area contributed by atoms with Gasteiger partial charge >= 0.3 is 5.97 Å². The third-order valence-electron chi connectivity index (χ3n) is 3.07. The molecular weight excluding hydrogens is 264 g/mol. The van der Waals surface area contributed by atoms with Crippen molar-refractivity contribution in [1.29, 1.82) is 0 Å². The van der Waals surface area contributed by atoms with Gasteiger partial charge in [0.15, 0.2) is 15.1 Å². The van der Waals surface area contributed by atoms with Gasteiger partial charge in [-0.05, 0) is 29.3 Å². The van der Waals surface area contributed by atoms with E-state index in [0.717, 1.165) is 10.8 Å². The zero-order valence-corrected chi connectivity index (χ0v) is 11.2. The molecule has 100 valence electrons. The molecule has 5 heteroatoms. The lowest BCUT2D eigenvalue weighted by molar-refractivity contribution is -0.136. The Labute approximate surface area is 111 Å². The van der Waals surface area contributed by atoms with E-state index in [2.05, 4.69) is 0 Å². The first-order chi connectivity index (χ1) is 8.96. The Morgan fingerprint density at radius 3 is 2.37 bits per heavy atom. The first-order valence-electron chi connectivity index (χ1n) is 5.92. The quantitative estimate of drug-likeness (QED) is 0.932. The largest absolute Gasteiger partial charge is 0.480 e. The van der Waals surface area contributed by atoms with Crippen LogP contribution in [-0.2, 0) is 14.6 Å². The van der Waals surface area contributed by atoms with E-state index in [0.29, 0.717) is 0 Å². The van der Waals surface area contributed by atoms with Gasteiger partial charge in [-0.25, -0.2) is 8.42 Å².